The van der Waals surface area contributed by atoms with E-state index in [1.54, 1.807) is 30.3 Å². The molecule has 1 amide bonds. The molecule has 1 aromatic heterocycles. The van der Waals surface area contributed by atoms with E-state index in [1.807, 2.05) is 17.0 Å². The average Bonchev–Trinajstić information content (AvgIpc) is 3.17. The number of aromatic nitrogens is 1. The zero-order chi connectivity index (χ0) is 20.2. The zero-order valence-electron chi connectivity index (χ0n) is 15.7. The highest BCUT2D eigenvalue weighted by Crippen LogP contribution is 2.23. The van der Waals surface area contributed by atoms with Crippen molar-refractivity contribution in [2.45, 2.75) is 19.3 Å². The quantitative estimate of drug-likeness (QED) is 0.485. The molecule has 148 valence electrons. The Morgan fingerprint density at radius 2 is 1.86 bits per heavy atom. The number of anilines is 1. The van der Waals surface area contributed by atoms with Crippen LogP contribution in [0.15, 0.2) is 53.1 Å². The van der Waals surface area contributed by atoms with Gasteiger partial charge in [-0.05, 0) is 61.7 Å². The van der Waals surface area contributed by atoms with Crippen LogP contribution in [0, 0.1) is 0 Å². The molecule has 1 aliphatic rings. The van der Waals surface area contributed by atoms with Gasteiger partial charge in [0.1, 0.15) is 5.52 Å². The predicted molar refractivity (Wildman–Crippen MR) is 113 cm³/mol. The second kappa shape index (κ2) is 8.49. The maximum atomic E-state index is 12.5. The van der Waals surface area contributed by atoms with Crippen molar-refractivity contribution in [3.63, 3.8) is 0 Å². The maximum Gasteiger partial charge on any atom is 0.253 e. The number of carbonyl (C=O) groups excluding carboxylic acids is 2. The Morgan fingerprint density at radius 3 is 2.59 bits per heavy atom. The summed E-state index contributed by atoms with van der Waals surface area (Å²) >= 11 is 5.96. The van der Waals surface area contributed by atoms with Crippen molar-refractivity contribution < 1.29 is 14.0 Å². The van der Waals surface area contributed by atoms with Crippen molar-refractivity contribution >= 4 is 46.2 Å². The van der Waals surface area contributed by atoms with E-state index in [0.29, 0.717) is 28.0 Å². The van der Waals surface area contributed by atoms with Gasteiger partial charge in [-0.1, -0.05) is 11.6 Å². The number of halogens is 1. The molecule has 0 spiro atoms. The average molecular weight is 410 g/mol. The second-order valence-corrected chi connectivity index (χ2v) is 7.36. The van der Waals surface area contributed by atoms with Crippen LogP contribution in [0.2, 0.25) is 5.02 Å². The first kappa shape index (κ1) is 19.2. The number of likely N-dealkylation sites (tertiary alicyclic amines) is 1. The van der Waals surface area contributed by atoms with Crippen LogP contribution >= 0.6 is 11.6 Å². The summed E-state index contributed by atoms with van der Waals surface area (Å²) in [5.74, 6) is 0.271. The largest absolute Gasteiger partial charge is 0.436 e. The van der Waals surface area contributed by atoms with Crippen molar-refractivity contribution in [2.75, 3.05) is 18.4 Å². The lowest BCUT2D eigenvalue weighted by Crippen LogP contribution is -2.35. The molecular formula is C22H20ClN3O3. The SMILES string of the molecule is O=C/C(=C/Nc1ccc(C(=O)N2CCCCC2)cc1)c1nc2cc(Cl)ccc2o1. The highest BCUT2D eigenvalue weighted by Gasteiger charge is 2.18. The van der Waals surface area contributed by atoms with E-state index in [0.717, 1.165) is 31.6 Å². The topological polar surface area (TPSA) is 75.4 Å². The van der Waals surface area contributed by atoms with Crippen molar-refractivity contribution in [1.82, 2.24) is 9.88 Å². The maximum absolute atomic E-state index is 12.5. The van der Waals surface area contributed by atoms with E-state index < -0.39 is 0 Å². The van der Waals surface area contributed by atoms with E-state index in [1.165, 1.54) is 12.6 Å². The summed E-state index contributed by atoms with van der Waals surface area (Å²) in [4.78, 5) is 30.2. The fourth-order valence-corrected chi connectivity index (χ4v) is 3.49. The van der Waals surface area contributed by atoms with E-state index in [9.17, 15) is 9.59 Å². The van der Waals surface area contributed by atoms with Gasteiger partial charge in [0.15, 0.2) is 11.9 Å². The summed E-state index contributed by atoms with van der Waals surface area (Å²) in [7, 11) is 0. The molecule has 1 N–H and O–H groups in total. The van der Waals surface area contributed by atoms with Crippen LogP contribution in [0.3, 0.4) is 0 Å². The number of benzene rings is 2. The lowest BCUT2D eigenvalue weighted by atomic mass is 10.1. The molecule has 0 bridgehead atoms. The van der Waals surface area contributed by atoms with Gasteiger partial charge in [-0.2, -0.15) is 0 Å². The van der Waals surface area contributed by atoms with E-state index in [2.05, 4.69) is 10.3 Å². The van der Waals surface area contributed by atoms with Gasteiger partial charge in [0.2, 0.25) is 5.89 Å². The first-order valence-electron chi connectivity index (χ1n) is 9.52. The minimum atomic E-state index is 0.0607. The molecule has 1 saturated heterocycles. The third kappa shape index (κ3) is 4.32. The Labute approximate surface area is 173 Å². The van der Waals surface area contributed by atoms with E-state index in [4.69, 9.17) is 16.0 Å². The summed E-state index contributed by atoms with van der Waals surface area (Å²) < 4.78 is 5.62. The molecule has 0 radical (unpaired) electrons. The van der Waals surface area contributed by atoms with Crippen molar-refractivity contribution in [2.24, 2.45) is 0 Å². The third-order valence-corrected chi connectivity index (χ3v) is 5.13. The number of nitrogens with one attached hydrogen (secondary N) is 1. The molecule has 0 unspecified atom stereocenters. The van der Waals surface area contributed by atoms with Crippen LogP contribution in [0.25, 0.3) is 16.7 Å². The number of hydrogen-bond donors (Lipinski definition) is 1. The zero-order valence-corrected chi connectivity index (χ0v) is 16.5. The minimum Gasteiger partial charge on any atom is -0.436 e. The monoisotopic (exact) mass is 409 g/mol. The number of oxazole rings is 1. The number of rotatable bonds is 5. The minimum absolute atomic E-state index is 0.0607. The number of amides is 1. The number of carbonyl (C=O) groups is 2. The summed E-state index contributed by atoms with van der Waals surface area (Å²) in [6.07, 6.45) is 5.51. The lowest BCUT2D eigenvalue weighted by Gasteiger charge is -2.26. The van der Waals surface area contributed by atoms with Crippen LogP contribution in [-0.2, 0) is 4.79 Å². The Morgan fingerprint density at radius 1 is 1.10 bits per heavy atom. The number of nitrogens with zero attached hydrogens (tertiary/aromatic N) is 2. The highest BCUT2D eigenvalue weighted by atomic mass is 35.5. The number of fused-ring (bicyclic) bond motifs is 1. The molecule has 0 atom stereocenters. The number of hydrogen-bond acceptors (Lipinski definition) is 5. The second-order valence-electron chi connectivity index (χ2n) is 6.92. The molecular weight excluding hydrogens is 390 g/mol. The predicted octanol–water partition coefficient (Wildman–Crippen LogP) is 4.76. The summed E-state index contributed by atoms with van der Waals surface area (Å²) in [5.41, 5.74) is 2.82. The first-order chi connectivity index (χ1) is 14.1. The van der Waals surface area contributed by atoms with E-state index >= 15 is 0 Å². The number of aldehydes is 1. The van der Waals surface area contributed by atoms with Gasteiger partial charge >= 0.3 is 0 Å². The molecule has 2 heterocycles. The molecule has 1 aliphatic heterocycles. The molecule has 0 saturated carbocycles. The van der Waals surface area contributed by atoms with Crippen LogP contribution < -0.4 is 5.32 Å². The van der Waals surface area contributed by atoms with Gasteiger partial charge in [-0.15, -0.1) is 0 Å². The lowest BCUT2D eigenvalue weighted by molar-refractivity contribution is -0.103. The van der Waals surface area contributed by atoms with Gasteiger partial charge in [0.05, 0.1) is 5.57 Å². The standard InChI is InChI=1S/C22H20ClN3O3/c23-17-6-9-20-19(12-17)25-21(29-20)16(14-27)13-24-18-7-4-15(5-8-18)22(28)26-10-2-1-3-11-26/h4-9,12-14,24H,1-3,10-11H2/b16-13-. The molecule has 6 nitrogen and oxygen atoms in total. The molecule has 1 fully saturated rings. The summed E-state index contributed by atoms with van der Waals surface area (Å²) in [6, 6.07) is 12.3. The van der Waals surface area contributed by atoms with Crippen LogP contribution in [-0.4, -0.2) is 35.2 Å². The van der Waals surface area contributed by atoms with Gasteiger partial charge < -0.3 is 14.6 Å². The third-order valence-electron chi connectivity index (χ3n) is 4.89. The fraction of sp³-hybridized carbons (Fsp3) is 0.227. The first-order valence-corrected chi connectivity index (χ1v) is 9.89. The van der Waals surface area contributed by atoms with Crippen LogP contribution in [0.4, 0.5) is 5.69 Å². The van der Waals surface area contributed by atoms with Crippen molar-refractivity contribution in [1.29, 1.82) is 0 Å². The van der Waals surface area contributed by atoms with Crippen molar-refractivity contribution in [3.05, 3.63) is 65.1 Å². The van der Waals surface area contributed by atoms with Crippen molar-refractivity contribution in [3.8, 4) is 0 Å². The number of piperidine rings is 1. The Hall–Kier alpha value is -3.12. The molecule has 29 heavy (non-hydrogen) atoms. The Kier molecular flexibility index (Phi) is 5.62. The summed E-state index contributed by atoms with van der Waals surface area (Å²) in [6.45, 7) is 1.64. The molecule has 4 rings (SSSR count). The highest BCUT2D eigenvalue weighted by molar-refractivity contribution is 6.31. The fourth-order valence-electron chi connectivity index (χ4n) is 3.32. The van der Waals surface area contributed by atoms with E-state index in [-0.39, 0.29) is 17.4 Å². The summed E-state index contributed by atoms with van der Waals surface area (Å²) in [5, 5.41) is 3.60. The molecule has 2 aromatic carbocycles. The molecule has 0 aliphatic carbocycles. The normalized spacial score (nSPS) is 14.8. The smallest absolute Gasteiger partial charge is 0.253 e. The molecule has 3 aromatic rings. The Balaban J connectivity index is 1.47. The molecule has 7 heteroatoms. The van der Waals surface area contributed by atoms with Crippen LogP contribution in [0.1, 0.15) is 35.5 Å². The Bertz CT molecular complexity index is 1070. The van der Waals surface area contributed by atoms with Gasteiger partial charge in [0.25, 0.3) is 5.91 Å². The van der Waals surface area contributed by atoms with Gasteiger partial charge in [0, 0.05) is 35.6 Å². The van der Waals surface area contributed by atoms with Gasteiger partial charge in [-0.25, -0.2) is 4.98 Å². The number of allylic oxidation sites excluding steroid dienone is 1. The van der Waals surface area contributed by atoms with Crippen LogP contribution in [0.5, 0.6) is 0 Å². The van der Waals surface area contributed by atoms with Gasteiger partial charge in [-0.3, -0.25) is 9.59 Å².